The van der Waals surface area contributed by atoms with Crippen LogP contribution in [0.3, 0.4) is 0 Å². The quantitative estimate of drug-likeness (QED) is 0.774. The number of amides is 1. The molecule has 0 spiro atoms. The molecule has 0 saturated carbocycles. The van der Waals surface area contributed by atoms with Crippen LogP contribution in [0.4, 0.5) is 0 Å². The first kappa shape index (κ1) is 13.3. The lowest BCUT2D eigenvalue weighted by Gasteiger charge is -2.29. The predicted molar refractivity (Wildman–Crippen MR) is 73.0 cm³/mol. The molecule has 19 heavy (non-hydrogen) atoms. The van der Waals surface area contributed by atoms with Crippen LogP contribution < -0.4 is 5.32 Å². The number of nitrogens with zero attached hydrogens (tertiary/aromatic N) is 2. The van der Waals surface area contributed by atoms with Gasteiger partial charge in [-0.25, -0.2) is 0 Å². The van der Waals surface area contributed by atoms with E-state index in [-0.39, 0.29) is 0 Å². The minimum absolute atomic E-state index is 0.293. The molecule has 3 aliphatic heterocycles. The predicted octanol–water partition coefficient (Wildman–Crippen LogP) is -0.0809. The molecule has 1 amide bonds. The van der Waals surface area contributed by atoms with Gasteiger partial charge in [0.25, 0.3) is 0 Å². The highest BCUT2D eigenvalue weighted by Gasteiger charge is 2.33. The van der Waals surface area contributed by atoms with Crippen LogP contribution in [0.5, 0.6) is 0 Å². The molecule has 3 rings (SSSR count). The minimum atomic E-state index is 0.293. The van der Waals surface area contributed by atoms with Gasteiger partial charge in [0, 0.05) is 58.8 Å². The van der Waals surface area contributed by atoms with Gasteiger partial charge in [-0.15, -0.1) is 0 Å². The lowest BCUT2D eigenvalue weighted by Crippen LogP contribution is -2.45. The molecular formula is C14H25N3O2. The van der Waals surface area contributed by atoms with Crippen molar-refractivity contribution in [3.8, 4) is 0 Å². The normalized spacial score (nSPS) is 33.3. The monoisotopic (exact) mass is 267 g/mol. The number of hydrogen-bond donors (Lipinski definition) is 1. The highest BCUT2D eigenvalue weighted by atomic mass is 16.5. The van der Waals surface area contributed by atoms with E-state index in [0.29, 0.717) is 17.9 Å². The molecule has 0 aromatic heterocycles. The average molecular weight is 267 g/mol. The van der Waals surface area contributed by atoms with Gasteiger partial charge in [0.15, 0.2) is 0 Å². The van der Waals surface area contributed by atoms with Gasteiger partial charge in [0.05, 0.1) is 6.10 Å². The van der Waals surface area contributed by atoms with Gasteiger partial charge in [-0.1, -0.05) is 0 Å². The van der Waals surface area contributed by atoms with Gasteiger partial charge in [-0.2, -0.15) is 0 Å². The first-order valence-corrected chi connectivity index (χ1v) is 7.64. The molecular weight excluding hydrogens is 242 g/mol. The molecule has 3 fully saturated rings. The van der Waals surface area contributed by atoms with Gasteiger partial charge in [0.2, 0.25) is 5.91 Å². The lowest BCUT2D eigenvalue weighted by molar-refractivity contribution is -0.129. The molecule has 3 aliphatic rings. The molecule has 5 heteroatoms. The number of carbonyl (C=O) groups is 1. The third kappa shape index (κ3) is 3.46. The van der Waals surface area contributed by atoms with Crippen LogP contribution in [-0.2, 0) is 9.53 Å². The summed E-state index contributed by atoms with van der Waals surface area (Å²) >= 11 is 0. The van der Waals surface area contributed by atoms with Gasteiger partial charge < -0.3 is 19.9 Å². The second-order valence-electron chi connectivity index (χ2n) is 6.05. The van der Waals surface area contributed by atoms with E-state index in [9.17, 15) is 4.79 Å². The largest absolute Gasteiger partial charge is 0.376 e. The Hall–Kier alpha value is -0.650. The van der Waals surface area contributed by atoms with Crippen LogP contribution in [-0.4, -0.2) is 74.2 Å². The van der Waals surface area contributed by atoms with E-state index in [4.69, 9.17) is 4.74 Å². The van der Waals surface area contributed by atoms with E-state index in [1.54, 1.807) is 0 Å². The van der Waals surface area contributed by atoms with Crippen LogP contribution >= 0.6 is 0 Å². The van der Waals surface area contributed by atoms with Crippen LogP contribution in [0.15, 0.2) is 0 Å². The highest BCUT2D eigenvalue weighted by molar-refractivity contribution is 5.78. The Balaban J connectivity index is 1.45. The van der Waals surface area contributed by atoms with Crippen molar-refractivity contribution in [3.63, 3.8) is 0 Å². The van der Waals surface area contributed by atoms with E-state index < -0.39 is 0 Å². The van der Waals surface area contributed by atoms with Crippen molar-refractivity contribution in [2.75, 3.05) is 52.4 Å². The number of nitrogens with one attached hydrogen (secondary N) is 1. The number of piperazine rings is 1. The van der Waals surface area contributed by atoms with Crippen LogP contribution in [0, 0.1) is 5.92 Å². The Morgan fingerprint density at radius 1 is 1.26 bits per heavy atom. The smallest absolute Gasteiger partial charge is 0.223 e. The third-order valence-corrected chi connectivity index (χ3v) is 4.47. The van der Waals surface area contributed by atoms with Crippen molar-refractivity contribution >= 4 is 5.91 Å². The van der Waals surface area contributed by atoms with Crippen molar-refractivity contribution in [1.29, 1.82) is 0 Å². The molecule has 3 saturated heterocycles. The lowest BCUT2D eigenvalue weighted by atomic mass is 10.1. The van der Waals surface area contributed by atoms with Crippen molar-refractivity contribution in [2.24, 2.45) is 5.92 Å². The van der Waals surface area contributed by atoms with Crippen molar-refractivity contribution in [2.45, 2.75) is 25.4 Å². The molecule has 0 radical (unpaired) electrons. The molecule has 0 aromatic rings. The average Bonchev–Trinajstić information content (AvgIpc) is 3.02. The SMILES string of the molecule is O=C1CC(CN2CCNCC2)CN1CC1CCCO1. The summed E-state index contributed by atoms with van der Waals surface area (Å²) in [5.74, 6) is 0.850. The number of rotatable bonds is 4. The standard InChI is InChI=1S/C14H25N3O2/c18-14-8-12(9-16-5-3-15-4-6-16)10-17(14)11-13-2-1-7-19-13/h12-13,15H,1-11H2. The van der Waals surface area contributed by atoms with Gasteiger partial charge in [-0.3, -0.25) is 4.79 Å². The van der Waals surface area contributed by atoms with Gasteiger partial charge in [0.1, 0.15) is 0 Å². The maximum absolute atomic E-state index is 12.1. The topological polar surface area (TPSA) is 44.8 Å². The van der Waals surface area contributed by atoms with Crippen molar-refractivity contribution < 1.29 is 9.53 Å². The number of hydrogen-bond acceptors (Lipinski definition) is 4. The summed E-state index contributed by atoms with van der Waals surface area (Å²) in [5.41, 5.74) is 0. The van der Waals surface area contributed by atoms with E-state index in [1.165, 1.54) is 0 Å². The Kier molecular flexibility index (Phi) is 4.35. The van der Waals surface area contributed by atoms with Crippen LogP contribution in [0.25, 0.3) is 0 Å². The maximum Gasteiger partial charge on any atom is 0.223 e. The third-order valence-electron chi connectivity index (χ3n) is 4.47. The Morgan fingerprint density at radius 3 is 2.84 bits per heavy atom. The number of carbonyl (C=O) groups excluding carboxylic acids is 1. The maximum atomic E-state index is 12.1. The highest BCUT2D eigenvalue weighted by Crippen LogP contribution is 2.22. The molecule has 1 N–H and O–H groups in total. The summed E-state index contributed by atoms with van der Waals surface area (Å²) in [4.78, 5) is 16.6. The summed E-state index contributed by atoms with van der Waals surface area (Å²) < 4.78 is 5.64. The first-order valence-electron chi connectivity index (χ1n) is 7.64. The van der Waals surface area contributed by atoms with Crippen LogP contribution in [0.2, 0.25) is 0 Å². The molecule has 0 bridgehead atoms. The molecule has 108 valence electrons. The van der Waals surface area contributed by atoms with Crippen molar-refractivity contribution in [1.82, 2.24) is 15.1 Å². The molecule has 2 atom stereocenters. The van der Waals surface area contributed by atoms with E-state index in [0.717, 1.165) is 71.7 Å². The summed E-state index contributed by atoms with van der Waals surface area (Å²) in [7, 11) is 0. The summed E-state index contributed by atoms with van der Waals surface area (Å²) in [6, 6.07) is 0. The molecule has 3 heterocycles. The van der Waals surface area contributed by atoms with E-state index >= 15 is 0 Å². The van der Waals surface area contributed by atoms with Crippen LogP contribution in [0.1, 0.15) is 19.3 Å². The molecule has 5 nitrogen and oxygen atoms in total. The fourth-order valence-electron chi connectivity index (χ4n) is 3.45. The fraction of sp³-hybridized carbons (Fsp3) is 0.929. The summed E-state index contributed by atoms with van der Waals surface area (Å²) in [5, 5.41) is 3.37. The fourth-order valence-corrected chi connectivity index (χ4v) is 3.45. The second-order valence-corrected chi connectivity index (χ2v) is 6.05. The minimum Gasteiger partial charge on any atom is -0.376 e. The zero-order valence-electron chi connectivity index (χ0n) is 11.6. The van der Waals surface area contributed by atoms with E-state index in [2.05, 4.69) is 10.2 Å². The molecule has 0 aliphatic carbocycles. The Bertz CT molecular complexity index is 312. The van der Waals surface area contributed by atoms with Crippen molar-refractivity contribution in [3.05, 3.63) is 0 Å². The number of likely N-dealkylation sites (tertiary alicyclic amines) is 1. The van der Waals surface area contributed by atoms with E-state index in [1.807, 2.05) is 4.90 Å². The Labute approximate surface area is 115 Å². The zero-order valence-corrected chi connectivity index (χ0v) is 11.6. The second kappa shape index (κ2) is 6.20. The van der Waals surface area contributed by atoms with Gasteiger partial charge >= 0.3 is 0 Å². The van der Waals surface area contributed by atoms with Gasteiger partial charge in [-0.05, 0) is 18.8 Å². The molecule has 2 unspecified atom stereocenters. The number of ether oxygens (including phenoxy) is 1. The summed E-state index contributed by atoms with van der Waals surface area (Å²) in [6.45, 7) is 8.11. The zero-order chi connectivity index (χ0) is 13.1. The summed E-state index contributed by atoms with van der Waals surface area (Å²) in [6.07, 6.45) is 3.29. The molecule has 0 aromatic carbocycles. The first-order chi connectivity index (χ1) is 9.31. The Morgan fingerprint density at radius 2 is 2.11 bits per heavy atom.